The smallest absolute Gasteiger partial charge is 0.264 e. The second kappa shape index (κ2) is 12.5. The molecule has 0 aromatic heterocycles. The average Bonchev–Trinajstić information content (AvgIpc) is 2.86. The minimum atomic E-state index is -4.15. The molecule has 39 heavy (non-hydrogen) atoms. The van der Waals surface area contributed by atoms with Gasteiger partial charge < -0.3 is 10.2 Å². The van der Waals surface area contributed by atoms with Crippen LogP contribution in [0.5, 0.6) is 0 Å². The highest BCUT2D eigenvalue weighted by Crippen LogP contribution is 2.26. The molecule has 0 unspecified atom stereocenters. The zero-order valence-electron chi connectivity index (χ0n) is 22.6. The Hall–Kier alpha value is -2.88. The third kappa shape index (κ3) is 8.30. The number of nitrogens with one attached hydrogen (secondary N) is 1. The van der Waals surface area contributed by atoms with Crippen LogP contribution in [-0.4, -0.2) is 43.3 Å². The number of nitrogens with zero attached hydrogens (tertiary/aromatic N) is 2. The summed E-state index contributed by atoms with van der Waals surface area (Å²) in [6.07, 6.45) is 0. The van der Waals surface area contributed by atoms with Gasteiger partial charge in [0.05, 0.1) is 10.6 Å². The highest BCUT2D eigenvalue weighted by Gasteiger charge is 2.33. The standard InChI is InChI=1S/C29H33BrClN3O4S/c1-20-6-14-25(15-7-20)34(39(37,38)26-16-12-24(31)13-17-26)19-27(35)33(18-22-8-10-23(30)11-9-22)21(2)28(36)32-29(3,4)5/h6-17,21H,18-19H2,1-5H3,(H,32,36)/t21-/m0/s1. The van der Waals surface area contributed by atoms with Crippen LogP contribution in [0.2, 0.25) is 5.02 Å². The quantitative estimate of drug-likeness (QED) is 0.316. The topological polar surface area (TPSA) is 86.8 Å². The van der Waals surface area contributed by atoms with Crippen molar-refractivity contribution >= 4 is 55.1 Å². The van der Waals surface area contributed by atoms with E-state index in [0.29, 0.717) is 10.7 Å². The number of rotatable bonds is 9. The van der Waals surface area contributed by atoms with Crippen LogP contribution in [0.1, 0.15) is 38.8 Å². The van der Waals surface area contributed by atoms with E-state index in [4.69, 9.17) is 11.6 Å². The van der Waals surface area contributed by atoms with Crippen LogP contribution in [0, 0.1) is 6.92 Å². The van der Waals surface area contributed by atoms with Gasteiger partial charge in [-0.05, 0) is 88.7 Å². The van der Waals surface area contributed by atoms with E-state index in [1.54, 1.807) is 31.2 Å². The minimum Gasteiger partial charge on any atom is -0.350 e. The Bertz CT molecular complexity index is 1400. The largest absolute Gasteiger partial charge is 0.350 e. The third-order valence-electron chi connectivity index (χ3n) is 5.93. The Kier molecular flexibility index (Phi) is 9.85. The molecule has 3 aromatic rings. The molecule has 0 radical (unpaired) electrons. The second-order valence-corrected chi connectivity index (χ2v) is 13.6. The number of benzene rings is 3. The maximum Gasteiger partial charge on any atom is 0.264 e. The van der Waals surface area contributed by atoms with Crippen molar-refractivity contribution in [3.05, 3.63) is 93.4 Å². The van der Waals surface area contributed by atoms with Crippen molar-refractivity contribution in [1.82, 2.24) is 10.2 Å². The molecule has 0 saturated carbocycles. The molecule has 0 aliphatic heterocycles. The van der Waals surface area contributed by atoms with E-state index in [0.717, 1.165) is 19.9 Å². The fraction of sp³-hybridized carbons (Fsp3) is 0.310. The van der Waals surface area contributed by atoms with Gasteiger partial charge in [0.25, 0.3) is 10.0 Å². The van der Waals surface area contributed by atoms with Gasteiger partial charge in [0.15, 0.2) is 0 Å². The summed E-state index contributed by atoms with van der Waals surface area (Å²) in [5.41, 5.74) is 1.56. The molecule has 2 amide bonds. The zero-order chi connectivity index (χ0) is 29.0. The Morgan fingerprint density at radius 2 is 1.51 bits per heavy atom. The van der Waals surface area contributed by atoms with E-state index in [-0.39, 0.29) is 17.3 Å². The number of amides is 2. The van der Waals surface area contributed by atoms with E-state index in [2.05, 4.69) is 21.2 Å². The second-order valence-electron chi connectivity index (χ2n) is 10.4. The SMILES string of the molecule is Cc1ccc(N(CC(=O)N(Cc2ccc(Br)cc2)[C@@H](C)C(=O)NC(C)(C)C)S(=O)(=O)c2ccc(Cl)cc2)cc1. The van der Waals surface area contributed by atoms with Crippen LogP contribution < -0.4 is 9.62 Å². The van der Waals surface area contributed by atoms with Gasteiger partial charge in [0.2, 0.25) is 11.8 Å². The van der Waals surface area contributed by atoms with Gasteiger partial charge >= 0.3 is 0 Å². The molecule has 0 spiro atoms. The number of hydrogen-bond acceptors (Lipinski definition) is 4. The molecule has 1 N–H and O–H groups in total. The molecule has 0 aliphatic carbocycles. The monoisotopic (exact) mass is 633 g/mol. The molecule has 0 heterocycles. The lowest BCUT2D eigenvalue weighted by molar-refractivity contribution is -0.140. The van der Waals surface area contributed by atoms with Gasteiger partial charge in [-0.2, -0.15) is 0 Å². The van der Waals surface area contributed by atoms with Crippen molar-refractivity contribution in [3.63, 3.8) is 0 Å². The molecular formula is C29H33BrClN3O4S. The normalized spacial score (nSPS) is 12.5. The highest BCUT2D eigenvalue weighted by molar-refractivity contribution is 9.10. The van der Waals surface area contributed by atoms with Crippen LogP contribution in [0.15, 0.2) is 82.2 Å². The van der Waals surface area contributed by atoms with E-state index in [1.807, 2.05) is 52.0 Å². The van der Waals surface area contributed by atoms with Crippen LogP contribution >= 0.6 is 27.5 Å². The summed E-state index contributed by atoms with van der Waals surface area (Å²) in [6, 6.07) is 19.2. The van der Waals surface area contributed by atoms with Gasteiger partial charge in [-0.25, -0.2) is 8.42 Å². The Labute approximate surface area is 244 Å². The van der Waals surface area contributed by atoms with E-state index < -0.39 is 34.1 Å². The summed E-state index contributed by atoms with van der Waals surface area (Å²) in [7, 11) is -4.15. The summed E-state index contributed by atoms with van der Waals surface area (Å²) in [6.45, 7) is 8.72. The first-order chi connectivity index (χ1) is 18.2. The lowest BCUT2D eigenvalue weighted by Crippen LogP contribution is -2.54. The molecule has 7 nitrogen and oxygen atoms in total. The number of carbonyl (C=O) groups is 2. The minimum absolute atomic E-state index is 0.00161. The Morgan fingerprint density at radius 3 is 2.05 bits per heavy atom. The maximum absolute atomic E-state index is 13.9. The summed E-state index contributed by atoms with van der Waals surface area (Å²) < 4.78 is 29.6. The van der Waals surface area contributed by atoms with Gasteiger partial charge in [0.1, 0.15) is 12.6 Å². The molecule has 1 atom stereocenters. The van der Waals surface area contributed by atoms with Crippen molar-refractivity contribution in [2.75, 3.05) is 10.8 Å². The predicted molar refractivity (Wildman–Crippen MR) is 159 cm³/mol. The number of halogens is 2. The van der Waals surface area contributed by atoms with Crippen molar-refractivity contribution < 1.29 is 18.0 Å². The Morgan fingerprint density at radius 1 is 0.949 bits per heavy atom. The van der Waals surface area contributed by atoms with Gasteiger partial charge in [-0.1, -0.05) is 57.4 Å². The molecule has 0 fully saturated rings. The first kappa shape index (κ1) is 30.7. The highest BCUT2D eigenvalue weighted by atomic mass is 79.9. The van der Waals surface area contributed by atoms with Crippen LogP contribution in [0.3, 0.4) is 0 Å². The third-order valence-corrected chi connectivity index (χ3v) is 8.50. The first-order valence-electron chi connectivity index (χ1n) is 12.4. The number of hydrogen-bond donors (Lipinski definition) is 1. The predicted octanol–water partition coefficient (Wildman–Crippen LogP) is 5.94. The lowest BCUT2D eigenvalue weighted by atomic mass is 10.1. The molecule has 208 valence electrons. The van der Waals surface area contributed by atoms with Crippen molar-refractivity contribution in [2.24, 2.45) is 0 Å². The number of aryl methyl sites for hydroxylation is 1. The molecule has 0 saturated heterocycles. The van der Waals surface area contributed by atoms with Crippen LogP contribution in [0.4, 0.5) is 5.69 Å². The molecular weight excluding hydrogens is 602 g/mol. The maximum atomic E-state index is 13.9. The molecule has 10 heteroatoms. The van der Waals surface area contributed by atoms with Gasteiger partial charge in [-0.15, -0.1) is 0 Å². The lowest BCUT2D eigenvalue weighted by Gasteiger charge is -2.33. The molecule has 0 bridgehead atoms. The zero-order valence-corrected chi connectivity index (χ0v) is 25.8. The van der Waals surface area contributed by atoms with Gasteiger partial charge in [0, 0.05) is 21.6 Å². The number of carbonyl (C=O) groups excluding carboxylic acids is 2. The fourth-order valence-corrected chi connectivity index (χ4v) is 5.62. The van der Waals surface area contributed by atoms with Crippen molar-refractivity contribution in [2.45, 2.75) is 57.6 Å². The van der Waals surface area contributed by atoms with Crippen molar-refractivity contribution in [3.8, 4) is 0 Å². The van der Waals surface area contributed by atoms with E-state index in [1.165, 1.54) is 29.2 Å². The number of sulfonamides is 1. The molecule has 3 aromatic carbocycles. The van der Waals surface area contributed by atoms with E-state index in [9.17, 15) is 18.0 Å². The summed E-state index contributed by atoms with van der Waals surface area (Å²) in [5, 5.41) is 3.31. The number of anilines is 1. The Balaban J connectivity index is 2.02. The first-order valence-corrected chi connectivity index (χ1v) is 15.0. The molecule has 0 aliphatic rings. The summed E-state index contributed by atoms with van der Waals surface area (Å²) in [4.78, 5) is 28.5. The average molecular weight is 635 g/mol. The van der Waals surface area contributed by atoms with Crippen LogP contribution in [0.25, 0.3) is 0 Å². The molecule has 3 rings (SSSR count). The van der Waals surface area contributed by atoms with Crippen LogP contribution in [-0.2, 0) is 26.2 Å². The van der Waals surface area contributed by atoms with Crippen molar-refractivity contribution in [1.29, 1.82) is 0 Å². The van der Waals surface area contributed by atoms with Gasteiger partial charge in [-0.3, -0.25) is 13.9 Å². The summed E-state index contributed by atoms with van der Waals surface area (Å²) in [5.74, 6) is -0.858. The fourth-order valence-electron chi connectivity index (χ4n) is 3.82. The summed E-state index contributed by atoms with van der Waals surface area (Å²) >= 11 is 9.40. The van der Waals surface area contributed by atoms with E-state index >= 15 is 0 Å².